The quantitative estimate of drug-likeness (QED) is 0.484. The molecule has 0 atom stereocenters. The number of anilines is 3. The van der Waals surface area contributed by atoms with Crippen LogP contribution in [0.25, 0.3) is 10.9 Å². The van der Waals surface area contributed by atoms with Crippen molar-refractivity contribution in [1.29, 1.82) is 0 Å². The van der Waals surface area contributed by atoms with Crippen molar-refractivity contribution >= 4 is 40.0 Å². The summed E-state index contributed by atoms with van der Waals surface area (Å²) in [6.07, 6.45) is 0. The molecular formula is C23H18N4O3. The molecule has 0 aliphatic rings. The summed E-state index contributed by atoms with van der Waals surface area (Å²) >= 11 is 0. The van der Waals surface area contributed by atoms with E-state index in [1.54, 1.807) is 24.3 Å². The van der Waals surface area contributed by atoms with Gasteiger partial charge in [-0.15, -0.1) is 0 Å². The highest BCUT2D eigenvalue weighted by molar-refractivity contribution is 6.07. The zero-order valence-electron chi connectivity index (χ0n) is 16.1. The molecule has 4 rings (SSSR count). The zero-order chi connectivity index (χ0) is 20.9. The minimum atomic E-state index is -0.545. The molecule has 0 radical (unpaired) electrons. The fourth-order valence-corrected chi connectivity index (χ4v) is 2.99. The second-order valence-corrected chi connectivity index (χ2v) is 6.40. The molecule has 7 nitrogen and oxygen atoms in total. The summed E-state index contributed by atoms with van der Waals surface area (Å²) in [5.41, 5.74) is 2.03. The third-order valence-electron chi connectivity index (χ3n) is 4.42. The number of methoxy groups -OCH3 is 1. The van der Waals surface area contributed by atoms with Crippen LogP contribution in [-0.2, 0) is 4.74 Å². The van der Waals surface area contributed by atoms with Crippen molar-refractivity contribution in [2.24, 2.45) is 0 Å². The molecule has 0 unspecified atom stereocenters. The number of hydrogen-bond donors (Lipinski definition) is 2. The van der Waals surface area contributed by atoms with Gasteiger partial charge < -0.3 is 15.4 Å². The van der Waals surface area contributed by atoms with E-state index < -0.39 is 11.9 Å². The SMILES string of the molecule is COC(=O)c1ccccc1NC(=O)c1nc(Nc2ccccc2)c2ccccc2n1. The van der Waals surface area contributed by atoms with Gasteiger partial charge in [0, 0.05) is 11.1 Å². The Morgan fingerprint density at radius 1 is 0.833 bits per heavy atom. The number of fused-ring (bicyclic) bond motifs is 1. The lowest BCUT2D eigenvalue weighted by Gasteiger charge is -2.12. The lowest BCUT2D eigenvalue weighted by atomic mass is 10.1. The summed E-state index contributed by atoms with van der Waals surface area (Å²) in [4.78, 5) is 33.7. The van der Waals surface area contributed by atoms with Gasteiger partial charge >= 0.3 is 5.97 Å². The number of benzene rings is 3. The van der Waals surface area contributed by atoms with Gasteiger partial charge in [-0.25, -0.2) is 14.8 Å². The van der Waals surface area contributed by atoms with E-state index in [2.05, 4.69) is 20.6 Å². The van der Waals surface area contributed by atoms with Gasteiger partial charge in [-0.3, -0.25) is 4.79 Å². The summed E-state index contributed by atoms with van der Waals surface area (Å²) in [7, 11) is 1.29. The van der Waals surface area contributed by atoms with Crippen molar-refractivity contribution in [1.82, 2.24) is 9.97 Å². The molecule has 0 fully saturated rings. The Balaban J connectivity index is 1.71. The van der Waals surface area contributed by atoms with Gasteiger partial charge in [-0.05, 0) is 36.4 Å². The Morgan fingerprint density at radius 3 is 2.33 bits per heavy atom. The molecule has 3 aromatic carbocycles. The van der Waals surface area contributed by atoms with E-state index >= 15 is 0 Å². The van der Waals surface area contributed by atoms with Crippen molar-refractivity contribution in [3.05, 3.63) is 90.3 Å². The smallest absolute Gasteiger partial charge is 0.339 e. The number of aromatic nitrogens is 2. The minimum absolute atomic E-state index is 0.0215. The van der Waals surface area contributed by atoms with E-state index in [1.165, 1.54) is 7.11 Å². The highest BCUT2D eigenvalue weighted by atomic mass is 16.5. The Bertz CT molecular complexity index is 1230. The van der Waals surface area contributed by atoms with Crippen LogP contribution in [0.4, 0.5) is 17.2 Å². The van der Waals surface area contributed by atoms with Crippen LogP contribution in [0.2, 0.25) is 0 Å². The summed E-state index contributed by atoms with van der Waals surface area (Å²) in [6.45, 7) is 0. The molecule has 0 bridgehead atoms. The highest BCUT2D eigenvalue weighted by Gasteiger charge is 2.18. The molecule has 1 aromatic heterocycles. The number of amides is 1. The predicted octanol–water partition coefficient (Wildman–Crippen LogP) is 4.41. The van der Waals surface area contributed by atoms with Gasteiger partial charge in [0.05, 0.1) is 23.9 Å². The second kappa shape index (κ2) is 8.40. The maximum Gasteiger partial charge on any atom is 0.339 e. The van der Waals surface area contributed by atoms with Crippen molar-refractivity contribution in [2.75, 3.05) is 17.7 Å². The monoisotopic (exact) mass is 398 g/mol. The fraction of sp³-hybridized carbons (Fsp3) is 0.0435. The first-order valence-electron chi connectivity index (χ1n) is 9.23. The first-order valence-corrected chi connectivity index (χ1v) is 9.23. The number of esters is 1. The number of carbonyl (C=O) groups is 2. The summed E-state index contributed by atoms with van der Waals surface area (Å²) < 4.78 is 4.78. The molecule has 0 saturated carbocycles. The van der Waals surface area contributed by atoms with Gasteiger partial charge in [-0.2, -0.15) is 0 Å². The number of hydrogen-bond acceptors (Lipinski definition) is 6. The van der Waals surface area contributed by atoms with Gasteiger partial charge in [-0.1, -0.05) is 42.5 Å². The van der Waals surface area contributed by atoms with Crippen LogP contribution in [0.15, 0.2) is 78.9 Å². The van der Waals surface area contributed by atoms with E-state index in [0.717, 1.165) is 11.1 Å². The topological polar surface area (TPSA) is 93.2 Å². The lowest BCUT2D eigenvalue weighted by Crippen LogP contribution is -2.18. The molecule has 0 saturated heterocycles. The molecule has 0 aliphatic carbocycles. The second-order valence-electron chi connectivity index (χ2n) is 6.40. The fourth-order valence-electron chi connectivity index (χ4n) is 2.99. The van der Waals surface area contributed by atoms with Crippen LogP contribution in [0.3, 0.4) is 0 Å². The molecule has 2 N–H and O–H groups in total. The number of carbonyl (C=O) groups excluding carboxylic acids is 2. The van der Waals surface area contributed by atoms with Crippen molar-refractivity contribution < 1.29 is 14.3 Å². The highest BCUT2D eigenvalue weighted by Crippen LogP contribution is 2.24. The van der Waals surface area contributed by atoms with Crippen LogP contribution < -0.4 is 10.6 Å². The molecule has 1 amide bonds. The zero-order valence-corrected chi connectivity index (χ0v) is 16.1. The third-order valence-corrected chi connectivity index (χ3v) is 4.42. The number of ether oxygens (including phenoxy) is 1. The van der Waals surface area contributed by atoms with E-state index in [9.17, 15) is 9.59 Å². The number of rotatable bonds is 5. The van der Waals surface area contributed by atoms with E-state index in [4.69, 9.17) is 4.74 Å². The molecule has 1 heterocycles. The van der Waals surface area contributed by atoms with Crippen LogP contribution in [0.1, 0.15) is 21.0 Å². The van der Waals surface area contributed by atoms with Gasteiger partial charge in [0.15, 0.2) is 0 Å². The van der Waals surface area contributed by atoms with Crippen LogP contribution in [-0.4, -0.2) is 29.0 Å². The van der Waals surface area contributed by atoms with Gasteiger partial charge in [0.2, 0.25) is 5.82 Å². The Hall–Kier alpha value is -4.26. The summed E-state index contributed by atoms with van der Waals surface area (Å²) in [5, 5.41) is 6.73. The van der Waals surface area contributed by atoms with Crippen molar-refractivity contribution in [2.45, 2.75) is 0 Å². The van der Waals surface area contributed by atoms with E-state index in [0.29, 0.717) is 17.0 Å². The Kier molecular flexibility index (Phi) is 5.34. The molecule has 4 aromatic rings. The predicted molar refractivity (Wildman–Crippen MR) is 115 cm³/mol. The standard InChI is InChI=1S/C23H18N4O3/c1-30-23(29)17-12-6-8-14-19(17)26-22(28)21-25-18-13-7-5-11-16(18)20(27-21)24-15-9-3-2-4-10-15/h2-14H,1H3,(H,26,28)(H,24,25,27). The first-order chi connectivity index (χ1) is 14.7. The van der Waals surface area contributed by atoms with Gasteiger partial charge in [0.25, 0.3) is 5.91 Å². The number of para-hydroxylation sites is 3. The van der Waals surface area contributed by atoms with E-state index in [1.807, 2.05) is 54.6 Å². The van der Waals surface area contributed by atoms with E-state index in [-0.39, 0.29) is 11.4 Å². The van der Waals surface area contributed by atoms with Crippen LogP contribution in [0, 0.1) is 0 Å². The summed E-state index contributed by atoms with van der Waals surface area (Å²) in [5.74, 6) is -0.588. The lowest BCUT2D eigenvalue weighted by molar-refractivity contribution is 0.0602. The molecule has 7 heteroatoms. The third kappa shape index (κ3) is 3.95. The number of nitrogens with zero attached hydrogens (tertiary/aromatic N) is 2. The Morgan fingerprint density at radius 2 is 1.53 bits per heavy atom. The van der Waals surface area contributed by atoms with Gasteiger partial charge in [0.1, 0.15) is 5.82 Å². The van der Waals surface area contributed by atoms with Crippen molar-refractivity contribution in [3.8, 4) is 0 Å². The number of nitrogens with one attached hydrogen (secondary N) is 2. The molecule has 148 valence electrons. The van der Waals surface area contributed by atoms with Crippen molar-refractivity contribution in [3.63, 3.8) is 0 Å². The maximum absolute atomic E-state index is 12.9. The molecule has 0 aliphatic heterocycles. The van der Waals surface area contributed by atoms with Crippen LogP contribution >= 0.6 is 0 Å². The van der Waals surface area contributed by atoms with Crippen LogP contribution in [0.5, 0.6) is 0 Å². The molecule has 30 heavy (non-hydrogen) atoms. The normalized spacial score (nSPS) is 10.4. The largest absolute Gasteiger partial charge is 0.465 e. The average Bonchev–Trinajstić information content (AvgIpc) is 2.79. The maximum atomic E-state index is 12.9. The minimum Gasteiger partial charge on any atom is -0.465 e. The molecule has 0 spiro atoms. The first kappa shape index (κ1) is 19.1. The Labute approximate surface area is 172 Å². The molecular weight excluding hydrogens is 380 g/mol. The summed E-state index contributed by atoms with van der Waals surface area (Å²) in [6, 6.07) is 23.6. The average molecular weight is 398 g/mol.